The van der Waals surface area contributed by atoms with Crippen molar-refractivity contribution >= 4 is 60.5 Å². The Morgan fingerprint density at radius 3 is 2.93 bits per heavy atom. The largest absolute Gasteiger partial charge is 0.444 e. The molecule has 2 N–H and O–H groups in total. The van der Waals surface area contributed by atoms with Crippen LogP contribution in [0.15, 0.2) is 34.9 Å². The maximum atomic E-state index is 12.2. The Labute approximate surface area is 187 Å². The molecular formula is C20H23BrN6O2S. The number of halogens is 1. The zero-order valence-corrected chi connectivity index (χ0v) is 19.4. The van der Waals surface area contributed by atoms with Gasteiger partial charge in [0, 0.05) is 29.8 Å². The van der Waals surface area contributed by atoms with Crippen molar-refractivity contribution in [2.24, 2.45) is 0 Å². The molecule has 30 heavy (non-hydrogen) atoms. The number of likely N-dealkylation sites (tertiary alicyclic amines) is 1. The van der Waals surface area contributed by atoms with Crippen LogP contribution in [-0.2, 0) is 4.74 Å². The van der Waals surface area contributed by atoms with E-state index in [1.807, 2.05) is 39.0 Å². The van der Waals surface area contributed by atoms with Crippen molar-refractivity contribution in [3.8, 4) is 0 Å². The summed E-state index contributed by atoms with van der Waals surface area (Å²) >= 11 is 5.05. The minimum atomic E-state index is -0.498. The number of ether oxygens (including phenoxy) is 1. The molecule has 1 saturated heterocycles. The molecule has 1 aliphatic rings. The lowest BCUT2D eigenvalue weighted by atomic mass is 10.2. The van der Waals surface area contributed by atoms with E-state index >= 15 is 0 Å². The van der Waals surface area contributed by atoms with Crippen molar-refractivity contribution in [2.45, 2.75) is 38.8 Å². The normalized spacial score (nSPS) is 16.7. The number of carbonyl (C=O) groups is 1. The van der Waals surface area contributed by atoms with E-state index in [9.17, 15) is 4.79 Å². The van der Waals surface area contributed by atoms with Gasteiger partial charge in [0.1, 0.15) is 11.4 Å². The van der Waals surface area contributed by atoms with Crippen molar-refractivity contribution in [2.75, 3.05) is 23.7 Å². The summed E-state index contributed by atoms with van der Waals surface area (Å²) in [5.41, 5.74) is 0.439. The van der Waals surface area contributed by atoms with Gasteiger partial charge in [-0.1, -0.05) is 27.3 Å². The summed E-state index contributed by atoms with van der Waals surface area (Å²) in [5.74, 6) is 1.17. The van der Waals surface area contributed by atoms with Gasteiger partial charge >= 0.3 is 6.09 Å². The molecule has 1 aliphatic heterocycles. The molecule has 10 heteroatoms. The predicted octanol–water partition coefficient (Wildman–Crippen LogP) is 5.01. The number of nitrogens with zero attached hydrogens (tertiary/aromatic N) is 4. The lowest BCUT2D eigenvalue weighted by Gasteiger charge is -2.24. The van der Waals surface area contributed by atoms with Crippen LogP contribution >= 0.6 is 27.3 Å². The summed E-state index contributed by atoms with van der Waals surface area (Å²) in [5, 5.41) is 7.33. The third-order valence-corrected chi connectivity index (χ3v) is 5.84. The van der Waals surface area contributed by atoms with Gasteiger partial charge in [0.15, 0.2) is 5.13 Å². The van der Waals surface area contributed by atoms with E-state index in [4.69, 9.17) is 4.74 Å². The Balaban J connectivity index is 1.38. The maximum Gasteiger partial charge on any atom is 0.410 e. The monoisotopic (exact) mass is 490 g/mol. The second kappa shape index (κ2) is 8.35. The first-order valence-corrected chi connectivity index (χ1v) is 11.3. The number of benzene rings is 1. The van der Waals surface area contributed by atoms with Gasteiger partial charge in [-0.2, -0.15) is 4.98 Å². The maximum absolute atomic E-state index is 12.2. The van der Waals surface area contributed by atoms with Gasteiger partial charge < -0.3 is 20.3 Å². The van der Waals surface area contributed by atoms with E-state index in [2.05, 4.69) is 41.5 Å². The number of hydrogen-bond acceptors (Lipinski definition) is 8. The number of anilines is 3. The van der Waals surface area contributed by atoms with Gasteiger partial charge in [-0.15, -0.1) is 0 Å². The first-order valence-electron chi connectivity index (χ1n) is 9.66. The highest BCUT2D eigenvalue weighted by molar-refractivity contribution is 9.10. The fourth-order valence-corrected chi connectivity index (χ4v) is 4.54. The van der Waals surface area contributed by atoms with Crippen molar-refractivity contribution in [3.05, 3.63) is 34.9 Å². The van der Waals surface area contributed by atoms with E-state index in [1.165, 1.54) is 0 Å². The minimum absolute atomic E-state index is 0.0765. The van der Waals surface area contributed by atoms with Gasteiger partial charge in [0.25, 0.3) is 0 Å². The fraction of sp³-hybridized carbons (Fsp3) is 0.400. The van der Waals surface area contributed by atoms with E-state index in [0.717, 1.165) is 26.2 Å². The number of carbonyl (C=O) groups excluding carboxylic acids is 1. The highest BCUT2D eigenvalue weighted by Gasteiger charge is 2.30. The Bertz CT molecular complexity index is 1070. The molecule has 8 nitrogen and oxygen atoms in total. The molecule has 1 fully saturated rings. The first kappa shape index (κ1) is 20.8. The molecular weight excluding hydrogens is 468 g/mol. The number of rotatable bonds is 4. The van der Waals surface area contributed by atoms with Crippen LogP contribution in [0.4, 0.5) is 21.7 Å². The molecule has 0 aliphatic carbocycles. The third kappa shape index (κ3) is 5.17. The molecule has 3 heterocycles. The van der Waals surface area contributed by atoms with Crippen LogP contribution in [0.1, 0.15) is 27.2 Å². The molecule has 2 aromatic heterocycles. The van der Waals surface area contributed by atoms with Gasteiger partial charge in [0.05, 0.1) is 10.2 Å². The number of thiazole rings is 1. The van der Waals surface area contributed by atoms with Crippen LogP contribution in [0, 0.1) is 0 Å². The second-order valence-corrected chi connectivity index (χ2v) is 10.0. The average Bonchev–Trinajstić information content (AvgIpc) is 3.27. The summed E-state index contributed by atoms with van der Waals surface area (Å²) in [4.78, 5) is 27.4. The topological polar surface area (TPSA) is 92.3 Å². The van der Waals surface area contributed by atoms with Crippen LogP contribution < -0.4 is 10.6 Å². The highest BCUT2D eigenvalue weighted by atomic mass is 79.9. The lowest BCUT2D eigenvalue weighted by molar-refractivity contribution is 0.0293. The van der Waals surface area contributed by atoms with Gasteiger partial charge in [-0.3, -0.25) is 0 Å². The summed E-state index contributed by atoms with van der Waals surface area (Å²) in [7, 11) is 0. The molecule has 158 valence electrons. The molecule has 1 atom stereocenters. The van der Waals surface area contributed by atoms with Crippen molar-refractivity contribution < 1.29 is 9.53 Å². The van der Waals surface area contributed by atoms with Crippen molar-refractivity contribution in [1.82, 2.24) is 19.9 Å². The van der Waals surface area contributed by atoms with E-state index in [-0.39, 0.29) is 12.1 Å². The molecule has 1 amide bonds. The molecule has 0 bridgehead atoms. The summed E-state index contributed by atoms with van der Waals surface area (Å²) < 4.78 is 7.56. The van der Waals surface area contributed by atoms with Gasteiger partial charge in [-0.25, -0.2) is 14.8 Å². The van der Waals surface area contributed by atoms with E-state index in [0.29, 0.717) is 24.9 Å². The Hall–Kier alpha value is -2.46. The number of nitrogens with one attached hydrogen (secondary N) is 2. The van der Waals surface area contributed by atoms with Crippen LogP contribution in [0.25, 0.3) is 10.2 Å². The van der Waals surface area contributed by atoms with Crippen LogP contribution in [-0.4, -0.2) is 50.7 Å². The number of aromatic nitrogens is 3. The molecule has 4 rings (SSSR count). The van der Waals surface area contributed by atoms with Crippen molar-refractivity contribution in [3.63, 3.8) is 0 Å². The summed E-state index contributed by atoms with van der Waals surface area (Å²) in [6.45, 7) is 6.81. The third-order valence-electron chi connectivity index (χ3n) is 4.41. The van der Waals surface area contributed by atoms with Gasteiger partial charge in [0.2, 0.25) is 5.95 Å². The number of amides is 1. The Kier molecular flexibility index (Phi) is 5.79. The zero-order chi connectivity index (χ0) is 21.3. The SMILES string of the molecule is CC(C)(C)OC(=O)N1CC[C@H](Nc2nccc(Nc3nc4ccc(Br)cc4s3)n2)C1. The zero-order valence-electron chi connectivity index (χ0n) is 17.0. The smallest absolute Gasteiger partial charge is 0.410 e. The molecule has 0 spiro atoms. The molecule has 0 unspecified atom stereocenters. The Morgan fingerprint density at radius 1 is 1.30 bits per heavy atom. The second-order valence-electron chi connectivity index (χ2n) is 8.08. The van der Waals surface area contributed by atoms with Crippen LogP contribution in [0.5, 0.6) is 0 Å². The van der Waals surface area contributed by atoms with Gasteiger partial charge in [-0.05, 0) is 51.5 Å². The quantitative estimate of drug-likeness (QED) is 0.530. The molecule has 0 saturated carbocycles. The highest BCUT2D eigenvalue weighted by Crippen LogP contribution is 2.30. The molecule has 1 aromatic carbocycles. The minimum Gasteiger partial charge on any atom is -0.444 e. The van der Waals surface area contributed by atoms with Crippen LogP contribution in [0.3, 0.4) is 0 Å². The van der Waals surface area contributed by atoms with E-state index < -0.39 is 5.60 Å². The predicted molar refractivity (Wildman–Crippen MR) is 122 cm³/mol. The molecule has 0 radical (unpaired) electrons. The van der Waals surface area contributed by atoms with E-state index in [1.54, 1.807) is 28.5 Å². The first-order chi connectivity index (χ1) is 14.2. The standard InChI is InChI=1S/C20H23BrN6O2S/c1-20(2,3)29-19(28)27-9-7-13(11-27)23-17-22-8-6-16(25-17)26-18-24-14-5-4-12(21)10-15(14)30-18/h4-6,8,10,13H,7,9,11H2,1-3H3,(H2,22,23,24,25,26)/t13-/m0/s1. The lowest BCUT2D eigenvalue weighted by Crippen LogP contribution is -2.36. The average molecular weight is 491 g/mol. The number of hydrogen-bond donors (Lipinski definition) is 2. The molecule has 3 aromatic rings. The number of fused-ring (bicyclic) bond motifs is 1. The fourth-order valence-electron chi connectivity index (χ4n) is 3.11. The summed E-state index contributed by atoms with van der Waals surface area (Å²) in [6.07, 6.45) is 2.22. The summed E-state index contributed by atoms with van der Waals surface area (Å²) in [6, 6.07) is 7.87. The van der Waals surface area contributed by atoms with Crippen molar-refractivity contribution in [1.29, 1.82) is 0 Å². The van der Waals surface area contributed by atoms with Crippen LogP contribution in [0.2, 0.25) is 0 Å². The Morgan fingerprint density at radius 2 is 2.13 bits per heavy atom.